The van der Waals surface area contributed by atoms with E-state index in [1.54, 1.807) is 0 Å². The number of carbonyl (C=O) groups excluding carboxylic acids is 2. The summed E-state index contributed by atoms with van der Waals surface area (Å²) in [6.07, 6.45) is -45.0. The number of aliphatic hydroxyl groups is 15. The summed E-state index contributed by atoms with van der Waals surface area (Å²) >= 11 is 0. The van der Waals surface area contributed by atoms with Crippen LogP contribution >= 0.6 is 0 Å². The van der Waals surface area contributed by atoms with Gasteiger partial charge in [-0.05, 0) is 0 Å². The average molecular weight is 1010 g/mol. The van der Waals surface area contributed by atoms with E-state index in [1.807, 2.05) is 0 Å². The number of nitrogens with one attached hydrogen (secondary N) is 2. The summed E-state index contributed by atoms with van der Waals surface area (Å²) in [4.78, 5) is 37.1. The monoisotopic (exact) mass is 1010 g/mol. The van der Waals surface area contributed by atoms with Gasteiger partial charge in [-0.1, -0.05) is 0 Å². The second-order valence-corrected chi connectivity index (χ2v) is 17.1. The number of carboxylic acids is 1. The van der Waals surface area contributed by atoms with Crippen molar-refractivity contribution in [1.82, 2.24) is 10.6 Å². The lowest BCUT2D eigenvalue weighted by Gasteiger charge is -2.51. The van der Waals surface area contributed by atoms with Crippen LogP contribution in [-0.2, 0) is 61.8 Å². The van der Waals surface area contributed by atoms with E-state index >= 15 is 0 Å². The van der Waals surface area contributed by atoms with Crippen LogP contribution in [0.1, 0.15) is 20.3 Å². The second-order valence-electron chi connectivity index (χ2n) is 17.1. The Labute approximate surface area is 391 Å². The highest BCUT2D eigenvalue weighted by molar-refractivity contribution is 5.76. The molecule has 5 aliphatic heterocycles. The fourth-order valence-electron chi connectivity index (χ4n) is 8.70. The predicted octanol–water partition coefficient (Wildman–Crippen LogP) is -11.8. The molecule has 5 fully saturated rings. The average Bonchev–Trinajstić information content (AvgIpc) is 3.30. The van der Waals surface area contributed by atoms with E-state index in [4.69, 9.17) is 47.4 Å². The zero-order valence-electron chi connectivity index (χ0n) is 37.1. The SMILES string of the molecule is CO[C@H]1[C@@H](O)[C@@H](CO)O[C@@H](O[C@H]2[C@H](O)[C@@H](O)[C@H](OC[C@H]3OC(O)[C@H](NC(C)=O)[C@@H](O)[C@@H]3O[C@@H]3O[C@H](CO)[C@H](O)[C@H](O[C@]4(C(=O)O)C[C@H](O)[C@@H](NC(C)=O)[C@H]([C@H](O)[C@H](O)CO)O4)[C@H]3O)O[C@@H]2CO)[C@@H]1O. The van der Waals surface area contributed by atoms with Gasteiger partial charge in [-0.25, -0.2) is 4.79 Å². The Morgan fingerprint density at radius 3 is 1.64 bits per heavy atom. The minimum Gasteiger partial charge on any atom is -0.477 e. The van der Waals surface area contributed by atoms with Gasteiger partial charge in [0.2, 0.25) is 11.8 Å². The van der Waals surface area contributed by atoms with E-state index in [-0.39, 0.29) is 0 Å². The Balaban J connectivity index is 1.38. The van der Waals surface area contributed by atoms with Crippen molar-refractivity contribution in [1.29, 1.82) is 0 Å². The molecule has 5 rings (SSSR count). The molecule has 0 radical (unpaired) electrons. The standard InChI is InChI=1S/C38H64N2O29/c1-10(45)39-18-12(47)4-38(37(58)59,68-30(18)20(49)13(48)5-41)69-32-22(51)15(7-43)64-36(27(32)56)67-29-17(62-33(57)19(23(29)52)40-11(2)46)9-61-34-25(54)24(53)28(16(8-44)65-34)66-35-26(55)31(60-3)21(50)14(6-42)63-35/h12-36,41-44,47-57H,4-9H2,1-3H3,(H,39,45)(H,40,46)(H,58,59)/t12-,13+,14+,15+,16+,17+,18+,19+,20+,21-,22-,23+,24+,25+,26+,27+,28+,29+,30+,31-,32-,33?,34+,35-,36-,38-/m0/s1. The van der Waals surface area contributed by atoms with Crippen LogP contribution in [0, 0.1) is 0 Å². The van der Waals surface area contributed by atoms with Crippen LogP contribution in [0.5, 0.6) is 0 Å². The first-order valence-electron chi connectivity index (χ1n) is 21.6. The van der Waals surface area contributed by atoms with Gasteiger partial charge in [0.25, 0.3) is 5.79 Å². The van der Waals surface area contributed by atoms with Gasteiger partial charge in [-0.2, -0.15) is 0 Å². The van der Waals surface area contributed by atoms with Gasteiger partial charge in [0.1, 0.15) is 116 Å². The van der Waals surface area contributed by atoms with Gasteiger partial charge < -0.3 is 140 Å². The molecule has 31 heteroatoms. The van der Waals surface area contributed by atoms with Crippen molar-refractivity contribution < 1.29 is 143 Å². The summed E-state index contributed by atoms with van der Waals surface area (Å²) in [6.45, 7) is -2.81. The first kappa shape index (κ1) is 57.3. The topological polar surface area (TPSA) is 491 Å². The summed E-state index contributed by atoms with van der Waals surface area (Å²) < 4.78 is 55.9. The molecule has 0 aromatic carbocycles. The van der Waals surface area contributed by atoms with Crippen LogP contribution < -0.4 is 10.6 Å². The summed E-state index contributed by atoms with van der Waals surface area (Å²) in [5.74, 6) is -6.85. The molecule has 1 unspecified atom stereocenters. The first-order chi connectivity index (χ1) is 32.5. The quantitative estimate of drug-likeness (QED) is 0.0571. The maximum atomic E-state index is 13.0. The maximum Gasteiger partial charge on any atom is 0.364 e. The number of carbonyl (C=O) groups is 3. The Bertz CT molecular complexity index is 1670. The van der Waals surface area contributed by atoms with Crippen LogP contribution in [-0.4, -0.2) is 299 Å². The van der Waals surface area contributed by atoms with Gasteiger partial charge in [0.15, 0.2) is 25.2 Å². The third-order valence-electron chi connectivity index (χ3n) is 12.3. The second kappa shape index (κ2) is 24.4. The third kappa shape index (κ3) is 12.4. The number of amides is 2. The van der Waals surface area contributed by atoms with E-state index < -0.39 is 216 Å². The molecule has 26 atom stereocenters. The maximum absolute atomic E-state index is 13.0. The minimum atomic E-state index is -3.17. The van der Waals surface area contributed by atoms with Gasteiger partial charge in [0.05, 0.1) is 45.2 Å². The molecule has 5 heterocycles. The molecule has 31 nitrogen and oxygen atoms in total. The van der Waals surface area contributed by atoms with E-state index in [2.05, 4.69) is 10.6 Å². The highest BCUT2D eigenvalue weighted by Crippen LogP contribution is 2.39. The first-order valence-corrected chi connectivity index (χ1v) is 21.6. The molecule has 0 aromatic rings. The van der Waals surface area contributed by atoms with Gasteiger partial charge in [0, 0.05) is 27.4 Å². The van der Waals surface area contributed by atoms with Crippen LogP contribution in [0.25, 0.3) is 0 Å². The predicted molar refractivity (Wildman–Crippen MR) is 212 cm³/mol. The van der Waals surface area contributed by atoms with Crippen molar-refractivity contribution in [2.24, 2.45) is 0 Å². The summed E-state index contributed by atoms with van der Waals surface area (Å²) in [6, 6.07) is -3.35. The molecule has 2 amide bonds. The molecule has 400 valence electrons. The number of methoxy groups -OCH3 is 1. The number of aliphatic hydroxyl groups excluding tert-OH is 15. The van der Waals surface area contributed by atoms with Crippen molar-refractivity contribution in [2.75, 3.05) is 40.1 Å². The Hall–Kier alpha value is -2.59. The molecule has 0 aliphatic carbocycles. The van der Waals surface area contributed by atoms with Crippen LogP contribution in [0.15, 0.2) is 0 Å². The summed E-state index contributed by atoms with van der Waals surface area (Å²) in [5.41, 5.74) is 0. The van der Waals surface area contributed by atoms with Crippen LogP contribution in [0.2, 0.25) is 0 Å². The Morgan fingerprint density at radius 2 is 1.13 bits per heavy atom. The molecule has 0 saturated carbocycles. The number of hydrogen-bond acceptors (Lipinski definition) is 28. The lowest BCUT2D eigenvalue weighted by atomic mass is 9.88. The Kier molecular flexibility index (Phi) is 20.3. The number of carboxylic acid groups (broad SMARTS) is 1. The number of aliphatic carboxylic acids is 1. The highest BCUT2D eigenvalue weighted by atomic mass is 16.8. The number of hydrogen-bond donors (Lipinski definition) is 18. The van der Waals surface area contributed by atoms with Crippen molar-refractivity contribution in [3.63, 3.8) is 0 Å². The highest BCUT2D eigenvalue weighted by Gasteiger charge is 2.61. The largest absolute Gasteiger partial charge is 0.477 e. The van der Waals surface area contributed by atoms with Gasteiger partial charge in [-0.3, -0.25) is 9.59 Å². The van der Waals surface area contributed by atoms with Crippen LogP contribution in [0.3, 0.4) is 0 Å². The van der Waals surface area contributed by atoms with Gasteiger partial charge in [-0.15, -0.1) is 0 Å². The smallest absolute Gasteiger partial charge is 0.364 e. The van der Waals surface area contributed by atoms with Crippen LogP contribution in [0.4, 0.5) is 0 Å². The fraction of sp³-hybridized carbons (Fsp3) is 0.921. The molecular weight excluding hydrogens is 948 g/mol. The van der Waals surface area contributed by atoms with E-state index in [0.29, 0.717) is 0 Å². The molecule has 0 bridgehead atoms. The molecule has 18 N–H and O–H groups in total. The zero-order chi connectivity index (χ0) is 51.4. The lowest BCUT2D eigenvalue weighted by molar-refractivity contribution is -0.385. The lowest BCUT2D eigenvalue weighted by Crippen LogP contribution is -2.71. The molecule has 69 heavy (non-hydrogen) atoms. The van der Waals surface area contributed by atoms with E-state index in [1.165, 1.54) is 0 Å². The zero-order valence-corrected chi connectivity index (χ0v) is 37.1. The fourth-order valence-corrected chi connectivity index (χ4v) is 8.70. The van der Waals surface area contributed by atoms with Crippen molar-refractivity contribution in [2.45, 2.75) is 179 Å². The molecule has 5 aliphatic rings. The molecular formula is C38H64N2O29. The number of rotatable bonds is 19. The van der Waals surface area contributed by atoms with Crippen molar-refractivity contribution in [3.8, 4) is 0 Å². The summed E-state index contributed by atoms with van der Waals surface area (Å²) in [7, 11) is 1.14. The molecule has 0 aromatic heterocycles. The van der Waals surface area contributed by atoms with Crippen molar-refractivity contribution >= 4 is 17.8 Å². The third-order valence-corrected chi connectivity index (χ3v) is 12.3. The Morgan fingerprint density at radius 1 is 0.623 bits per heavy atom. The van der Waals surface area contributed by atoms with Gasteiger partial charge >= 0.3 is 5.97 Å². The van der Waals surface area contributed by atoms with E-state index in [0.717, 1.165) is 21.0 Å². The molecule has 5 saturated heterocycles. The van der Waals surface area contributed by atoms with Crippen molar-refractivity contribution in [3.05, 3.63) is 0 Å². The molecule has 0 spiro atoms. The minimum absolute atomic E-state index is 0.758. The van der Waals surface area contributed by atoms with E-state index in [9.17, 15) is 96.1 Å². The normalized spacial score (nSPS) is 46.1. The number of ether oxygens (including phenoxy) is 10. The summed E-state index contributed by atoms with van der Waals surface area (Å²) in [5, 5.41) is 175.